The number of hydrogen-bond donors (Lipinski definition) is 0. The molecule has 23 heavy (non-hydrogen) atoms. The number of aromatic nitrogens is 3. The number of nitrogens with zero attached hydrogens (tertiary/aromatic N) is 4. The topological polar surface area (TPSA) is 66.4 Å². The normalized spacial score (nSPS) is 16.7. The third-order valence-electron chi connectivity index (χ3n) is 3.60. The van der Waals surface area contributed by atoms with Crippen molar-refractivity contribution in [3.05, 3.63) is 0 Å². The fourth-order valence-corrected chi connectivity index (χ4v) is 2.78. The van der Waals surface area contributed by atoms with Crippen molar-refractivity contribution >= 4 is 5.95 Å². The Bertz CT molecular complexity index is 458. The summed E-state index contributed by atoms with van der Waals surface area (Å²) in [5.41, 5.74) is 0. The van der Waals surface area contributed by atoms with Crippen LogP contribution in [0.3, 0.4) is 0 Å². The van der Waals surface area contributed by atoms with E-state index in [1.54, 1.807) is 0 Å². The minimum atomic E-state index is 0. The van der Waals surface area contributed by atoms with Gasteiger partial charge in [0.1, 0.15) is 13.1 Å². The van der Waals surface area contributed by atoms with E-state index in [0.717, 1.165) is 25.6 Å². The molecule has 1 saturated heterocycles. The number of halogens is 1. The van der Waals surface area contributed by atoms with Crippen LogP contribution in [0.1, 0.15) is 27.7 Å². The third kappa shape index (κ3) is 5.16. The average molecular weight is 347 g/mol. The lowest BCUT2D eigenvalue weighted by Gasteiger charge is -2.39. The zero-order chi connectivity index (χ0) is 16.0. The third-order valence-corrected chi connectivity index (χ3v) is 3.60. The molecule has 0 N–H and O–H groups in total. The molecule has 1 aromatic heterocycles. The van der Waals surface area contributed by atoms with Crippen molar-refractivity contribution in [1.29, 1.82) is 0 Å². The minimum absolute atomic E-state index is 0. The molecule has 0 aliphatic carbocycles. The van der Waals surface area contributed by atoms with Crippen LogP contribution in [0.5, 0.6) is 12.0 Å². The van der Waals surface area contributed by atoms with Crippen LogP contribution < -0.4 is 26.4 Å². The maximum Gasteiger partial charge on any atom is 0.338 e. The summed E-state index contributed by atoms with van der Waals surface area (Å²) in [5.74, 6) is 1.25. The second kappa shape index (κ2) is 9.20. The molecule has 0 aromatic carbocycles. The Morgan fingerprint density at radius 2 is 1.52 bits per heavy atom. The van der Waals surface area contributed by atoms with Gasteiger partial charge < -0.3 is 26.6 Å². The second-order valence-electron chi connectivity index (χ2n) is 5.85. The first kappa shape index (κ1) is 19.9. The molecule has 0 atom stereocenters. The molecule has 1 aliphatic rings. The van der Waals surface area contributed by atoms with Gasteiger partial charge in [-0.15, -0.1) is 15.0 Å². The highest BCUT2D eigenvalue weighted by atomic mass is 35.5. The molecule has 1 aliphatic heterocycles. The Morgan fingerprint density at radius 3 is 1.96 bits per heavy atom. The number of rotatable bonds is 7. The van der Waals surface area contributed by atoms with Gasteiger partial charge in [-0.1, -0.05) is 13.8 Å². The SMILES string of the molecule is CCOc1nc(OCC)nc([N+]2(CC(C)C)CCOCC2)n1.[Cl-]. The van der Waals surface area contributed by atoms with Crippen molar-refractivity contribution in [1.82, 2.24) is 19.4 Å². The number of hydrogen-bond acceptors (Lipinski definition) is 6. The first-order valence-corrected chi connectivity index (χ1v) is 8.05. The average Bonchev–Trinajstić information content (AvgIpc) is 2.48. The van der Waals surface area contributed by atoms with Crippen molar-refractivity contribution in [3.8, 4) is 12.0 Å². The van der Waals surface area contributed by atoms with Crippen LogP contribution >= 0.6 is 0 Å². The van der Waals surface area contributed by atoms with E-state index in [1.165, 1.54) is 0 Å². The van der Waals surface area contributed by atoms with Gasteiger partial charge in [-0.05, 0) is 13.8 Å². The van der Waals surface area contributed by atoms with Gasteiger partial charge in [-0.3, -0.25) is 4.48 Å². The van der Waals surface area contributed by atoms with Gasteiger partial charge in [0, 0.05) is 5.92 Å². The number of morpholine rings is 1. The largest absolute Gasteiger partial charge is 1.00 e. The predicted molar refractivity (Wildman–Crippen MR) is 84.2 cm³/mol. The van der Waals surface area contributed by atoms with Crippen LogP contribution in [0.4, 0.5) is 5.95 Å². The summed E-state index contributed by atoms with van der Waals surface area (Å²) in [5, 5.41) is 0. The monoisotopic (exact) mass is 346 g/mol. The highest BCUT2D eigenvalue weighted by Crippen LogP contribution is 2.26. The summed E-state index contributed by atoms with van der Waals surface area (Å²) in [6, 6.07) is 0.674. The van der Waals surface area contributed by atoms with Gasteiger partial charge in [0.25, 0.3) is 0 Å². The number of quaternary nitrogens is 1. The summed E-state index contributed by atoms with van der Waals surface area (Å²) in [7, 11) is 0. The van der Waals surface area contributed by atoms with Crippen LogP contribution in [0.2, 0.25) is 0 Å². The van der Waals surface area contributed by atoms with Gasteiger partial charge >= 0.3 is 18.0 Å². The summed E-state index contributed by atoms with van der Waals surface area (Å²) in [4.78, 5) is 13.3. The molecule has 1 fully saturated rings. The highest BCUT2D eigenvalue weighted by Gasteiger charge is 2.38. The molecule has 2 rings (SSSR count). The van der Waals surface area contributed by atoms with E-state index in [9.17, 15) is 0 Å². The van der Waals surface area contributed by atoms with E-state index in [4.69, 9.17) is 14.2 Å². The van der Waals surface area contributed by atoms with E-state index < -0.39 is 0 Å². The van der Waals surface area contributed by atoms with Crippen LogP contribution in [-0.4, -0.2) is 61.0 Å². The molecule has 0 amide bonds. The van der Waals surface area contributed by atoms with Crippen LogP contribution in [0.15, 0.2) is 0 Å². The molecule has 0 saturated carbocycles. The van der Waals surface area contributed by atoms with Crippen LogP contribution in [0, 0.1) is 5.92 Å². The van der Waals surface area contributed by atoms with Crippen molar-refractivity contribution in [2.45, 2.75) is 27.7 Å². The van der Waals surface area contributed by atoms with E-state index >= 15 is 0 Å². The maximum atomic E-state index is 5.53. The molecule has 132 valence electrons. The van der Waals surface area contributed by atoms with Crippen molar-refractivity contribution in [3.63, 3.8) is 0 Å². The highest BCUT2D eigenvalue weighted by molar-refractivity contribution is 5.29. The second-order valence-corrected chi connectivity index (χ2v) is 5.85. The smallest absolute Gasteiger partial charge is 0.338 e. The van der Waals surface area contributed by atoms with Gasteiger partial charge in [-0.2, -0.15) is 0 Å². The molecule has 0 bridgehead atoms. The molecule has 1 aromatic rings. The lowest BCUT2D eigenvalue weighted by Crippen LogP contribution is -3.00. The number of ether oxygens (including phenoxy) is 3. The Labute approximate surface area is 144 Å². The predicted octanol–water partition coefficient (Wildman–Crippen LogP) is -1.33. The zero-order valence-electron chi connectivity index (χ0n) is 14.4. The van der Waals surface area contributed by atoms with Gasteiger partial charge in [0.05, 0.1) is 33.0 Å². The summed E-state index contributed by atoms with van der Waals surface area (Å²) in [6.45, 7) is 13.4. The minimum Gasteiger partial charge on any atom is -1.00 e. The molecule has 0 radical (unpaired) electrons. The first-order valence-electron chi connectivity index (χ1n) is 8.05. The van der Waals surface area contributed by atoms with Crippen molar-refractivity contribution < 1.29 is 26.6 Å². The van der Waals surface area contributed by atoms with Gasteiger partial charge in [0.2, 0.25) is 0 Å². The Balaban J connectivity index is 0.00000264. The van der Waals surface area contributed by atoms with Crippen molar-refractivity contribution in [2.24, 2.45) is 5.92 Å². The lowest BCUT2D eigenvalue weighted by atomic mass is 10.1. The maximum absolute atomic E-state index is 5.53. The van der Waals surface area contributed by atoms with Gasteiger partial charge in [-0.25, -0.2) is 0 Å². The summed E-state index contributed by atoms with van der Waals surface area (Å²) < 4.78 is 17.2. The summed E-state index contributed by atoms with van der Waals surface area (Å²) >= 11 is 0. The zero-order valence-corrected chi connectivity index (χ0v) is 15.2. The molecule has 7 nitrogen and oxygen atoms in total. The van der Waals surface area contributed by atoms with E-state index in [-0.39, 0.29) is 12.4 Å². The molecule has 0 unspecified atom stereocenters. The molecule has 8 heteroatoms. The van der Waals surface area contributed by atoms with E-state index in [2.05, 4.69) is 28.8 Å². The fraction of sp³-hybridized carbons (Fsp3) is 0.800. The first-order chi connectivity index (χ1) is 10.6. The molecular weight excluding hydrogens is 320 g/mol. The standard InChI is InChI=1S/C15H27N4O3.ClH/c1-5-21-14-16-13(17-15(18-14)22-6-2)19(11-12(3)4)7-9-20-10-8-19;/h12H,5-11H2,1-4H3;1H/q+1;/p-1. The van der Waals surface area contributed by atoms with Gasteiger partial charge in [0.15, 0.2) is 0 Å². The molecule has 0 spiro atoms. The van der Waals surface area contributed by atoms with Crippen LogP contribution in [0.25, 0.3) is 0 Å². The van der Waals surface area contributed by atoms with E-state index in [1.807, 2.05) is 13.8 Å². The fourth-order valence-electron chi connectivity index (χ4n) is 2.78. The van der Waals surface area contributed by atoms with Crippen molar-refractivity contribution in [2.75, 3.05) is 46.1 Å². The molecular formula is C15H27ClN4O3. The Kier molecular flexibility index (Phi) is 7.94. The lowest BCUT2D eigenvalue weighted by molar-refractivity contribution is -0.00000920. The summed E-state index contributed by atoms with van der Waals surface area (Å²) in [6.07, 6.45) is 0. The van der Waals surface area contributed by atoms with Crippen LogP contribution in [-0.2, 0) is 4.74 Å². The molecule has 2 heterocycles. The van der Waals surface area contributed by atoms with E-state index in [0.29, 0.717) is 48.8 Å². The Hall–Kier alpha value is -1.18. The quantitative estimate of drug-likeness (QED) is 0.570. The Morgan fingerprint density at radius 1 is 1.00 bits per heavy atom.